The molecule has 1 amide bonds. The highest BCUT2D eigenvalue weighted by Crippen LogP contribution is 2.48. The molecule has 8 heteroatoms. The fourth-order valence-electron chi connectivity index (χ4n) is 3.18. The molecule has 26 heavy (non-hydrogen) atoms. The van der Waals surface area contributed by atoms with Gasteiger partial charge in [-0.3, -0.25) is 4.79 Å². The minimum Gasteiger partial charge on any atom is -0.469 e. The highest BCUT2D eigenvalue weighted by Gasteiger charge is 2.45. The number of carbonyl (C=O) groups excluding carboxylic acids is 1. The Hall–Kier alpha value is -2.16. The van der Waals surface area contributed by atoms with Crippen LogP contribution >= 0.6 is 0 Å². The number of rotatable bonds is 5. The zero-order valence-corrected chi connectivity index (χ0v) is 14.9. The van der Waals surface area contributed by atoms with Crippen molar-refractivity contribution in [1.29, 1.82) is 0 Å². The summed E-state index contributed by atoms with van der Waals surface area (Å²) >= 11 is 0. The van der Waals surface area contributed by atoms with Crippen LogP contribution in [0.2, 0.25) is 0 Å². The smallest absolute Gasteiger partial charge is 0.243 e. The van der Waals surface area contributed by atoms with E-state index in [9.17, 15) is 13.2 Å². The van der Waals surface area contributed by atoms with E-state index < -0.39 is 10.0 Å². The Labute approximate surface area is 152 Å². The molecule has 1 aromatic heterocycles. The Bertz CT molecular complexity index is 871. The number of amides is 1. The SMILES string of the molecule is O=C(Nc1ccc(S(=O)(=O)N2CCOCC2)cc1)[C@H]1C[C@H]1c1ccco1. The third-order valence-electron chi connectivity index (χ3n) is 4.77. The van der Waals surface area contributed by atoms with Crippen LogP contribution in [0.1, 0.15) is 18.1 Å². The summed E-state index contributed by atoms with van der Waals surface area (Å²) in [7, 11) is -3.52. The molecule has 1 aliphatic heterocycles. The Morgan fingerprint density at radius 3 is 2.50 bits per heavy atom. The second kappa shape index (κ2) is 6.86. The Kier molecular flexibility index (Phi) is 4.56. The standard InChI is InChI=1S/C18H20N2O5S/c21-18(16-12-15(16)17-2-1-9-25-17)19-13-3-5-14(6-4-13)26(22,23)20-7-10-24-11-8-20/h1-6,9,15-16H,7-8,10-12H2,(H,19,21)/t15-,16+/m1/s1. The Balaban J connectivity index is 1.39. The van der Waals surface area contributed by atoms with Crippen LogP contribution in [0.5, 0.6) is 0 Å². The number of sulfonamides is 1. The third-order valence-corrected chi connectivity index (χ3v) is 6.68. The summed E-state index contributed by atoms with van der Waals surface area (Å²) < 4.78 is 37.1. The van der Waals surface area contributed by atoms with E-state index in [4.69, 9.17) is 9.15 Å². The normalized spacial score (nSPS) is 23.5. The summed E-state index contributed by atoms with van der Waals surface area (Å²) in [6.07, 6.45) is 2.37. The monoisotopic (exact) mass is 376 g/mol. The third kappa shape index (κ3) is 3.40. The van der Waals surface area contributed by atoms with E-state index in [1.54, 1.807) is 18.4 Å². The summed E-state index contributed by atoms with van der Waals surface area (Å²) in [4.78, 5) is 12.5. The molecule has 1 saturated carbocycles. The molecule has 2 atom stereocenters. The van der Waals surface area contributed by atoms with Gasteiger partial charge in [-0.05, 0) is 42.8 Å². The molecular weight excluding hydrogens is 356 g/mol. The maximum atomic E-state index is 12.6. The van der Waals surface area contributed by atoms with Crippen LogP contribution in [-0.4, -0.2) is 44.9 Å². The zero-order chi connectivity index (χ0) is 18.1. The minimum atomic E-state index is -3.52. The number of nitrogens with one attached hydrogen (secondary N) is 1. The van der Waals surface area contributed by atoms with Crippen molar-refractivity contribution in [3.05, 3.63) is 48.4 Å². The van der Waals surface area contributed by atoms with E-state index in [0.29, 0.717) is 32.0 Å². The van der Waals surface area contributed by atoms with Gasteiger partial charge >= 0.3 is 0 Å². The number of anilines is 1. The predicted molar refractivity (Wildman–Crippen MR) is 94.2 cm³/mol. The van der Waals surface area contributed by atoms with Crippen molar-refractivity contribution in [3.63, 3.8) is 0 Å². The number of hydrogen-bond acceptors (Lipinski definition) is 5. The average Bonchev–Trinajstić information content (AvgIpc) is 3.28. The number of ether oxygens (including phenoxy) is 1. The van der Waals surface area contributed by atoms with E-state index >= 15 is 0 Å². The minimum absolute atomic E-state index is 0.0739. The van der Waals surface area contributed by atoms with Crippen LogP contribution in [0.25, 0.3) is 0 Å². The maximum Gasteiger partial charge on any atom is 0.243 e. The molecule has 138 valence electrons. The first-order chi connectivity index (χ1) is 12.6. The summed E-state index contributed by atoms with van der Waals surface area (Å²) in [5.41, 5.74) is 0.584. The van der Waals surface area contributed by atoms with Crippen molar-refractivity contribution in [2.24, 2.45) is 5.92 Å². The molecule has 4 rings (SSSR count). The van der Waals surface area contributed by atoms with Gasteiger partial charge < -0.3 is 14.5 Å². The molecule has 0 radical (unpaired) electrons. The topological polar surface area (TPSA) is 88.9 Å². The zero-order valence-electron chi connectivity index (χ0n) is 14.1. The second-order valence-corrected chi connectivity index (χ2v) is 8.43. The lowest BCUT2D eigenvalue weighted by atomic mass is 10.2. The molecule has 2 fully saturated rings. The van der Waals surface area contributed by atoms with Gasteiger partial charge in [0, 0.05) is 30.6 Å². The number of hydrogen-bond donors (Lipinski definition) is 1. The molecule has 1 aliphatic carbocycles. The lowest BCUT2D eigenvalue weighted by Crippen LogP contribution is -2.40. The highest BCUT2D eigenvalue weighted by atomic mass is 32.2. The maximum absolute atomic E-state index is 12.6. The van der Waals surface area contributed by atoms with Crippen LogP contribution in [0.15, 0.2) is 52.0 Å². The number of carbonyl (C=O) groups is 1. The lowest BCUT2D eigenvalue weighted by molar-refractivity contribution is -0.117. The molecular formula is C18H20N2O5S. The number of morpholine rings is 1. The van der Waals surface area contributed by atoms with Gasteiger partial charge in [0.1, 0.15) is 5.76 Å². The molecule has 2 heterocycles. The summed E-state index contributed by atoms with van der Waals surface area (Å²) in [5, 5.41) is 2.84. The van der Waals surface area contributed by atoms with Crippen molar-refractivity contribution >= 4 is 21.6 Å². The highest BCUT2D eigenvalue weighted by molar-refractivity contribution is 7.89. The van der Waals surface area contributed by atoms with E-state index in [1.165, 1.54) is 16.4 Å². The summed E-state index contributed by atoms with van der Waals surface area (Å²) in [6, 6.07) is 9.99. The van der Waals surface area contributed by atoms with Crippen LogP contribution < -0.4 is 5.32 Å². The van der Waals surface area contributed by atoms with Crippen LogP contribution in [0, 0.1) is 5.92 Å². The van der Waals surface area contributed by atoms with Crippen molar-refractivity contribution in [2.45, 2.75) is 17.2 Å². The molecule has 2 aromatic rings. The Morgan fingerprint density at radius 1 is 1.12 bits per heavy atom. The molecule has 0 bridgehead atoms. The van der Waals surface area contributed by atoms with Crippen molar-refractivity contribution < 1.29 is 22.4 Å². The van der Waals surface area contributed by atoms with Crippen molar-refractivity contribution in [2.75, 3.05) is 31.6 Å². The van der Waals surface area contributed by atoms with Gasteiger partial charge in [-0.15, -0.1) is 0 Å². The molecule has 0 spiro atoms. The first kappa shape index (κ1) is 17.3. The summed E-state index contributed by atoms with van der Waals surface area (Å²) in [6.45, 7) is 1.53. The van der Waals surface area contributed by atoms with Crippen molar-refractivity contribution in [3.8, 4) is 0 Å². The van der Waals surface area contributed by atoms with Gasteiger partial charge in [0.15, 0.2) is 0 Å². The van der Waals surface area contributed by atoms with Gasteiger partial charge in [-0.25, -0.2) is 8.42 Å². The molecule has 7 nitrogen and oxygen atoms in total. The quantitative estimate of drug-likeness (QED) is 0.863. The van der Waals surface area contributed by atoms with Gasteiger partial charge in [0.2, 0.25) is 15.9 Å². The molecule has 1 aromatic carbocycles. The Morgan fingerprint density at radius 2 is 1.85 bits per heavy atom. The lowest BCUT2D eigenvalue weighted by Gasteiger charge is -2.26. The van der Waals surface area contributed by atoms with E-state index in [-0.39, 0.29) is 22.6 Å². The van der Waals surface area contributed by atoms with Gasteiger partial charge in [-0.1, -0.05) is 0 Å². The van der Waals surface area contributed by atoms with Gasteiger partial charge in [0.05, 0.1) is 24.4 Å². The van der Waals surface area contributed by atoms with Crippen LogP contribution in [0.4, 0.5) is 5.69 Å². The number of nitrogens with zero attached hydrogens (tertiary/aromatic N) is 1. The second-order valence-electron chi connectivity index (χ2n) is 6.49. The molecule has 1 saturated heterocycles. The van der Waals surface area contributed by atoms with E-state index in [2.05, 4.69) is 5.32 Å². The molecule has 1 N–H and O–H groups in total. The average molecular weight is 376 g/mol. The van der Waals surface area contributed by atoms with Gasteiger partial charge in [-0.2, -0.15) is 4.31 Å². The van der Waals surface area contributed by atoms with E-state index in [0.717, 1.165) is 12.2 Å². The first-order valence-electron chi connectivity index (χ1n) is 8.58. The fraction of sp³-hybridized carbons (Fsp3) is 0.389. The van der Waals surface area contributed by atoms with Crippen LogP contribution in [0.3, 0.4) is 0 Å². The van der Waals surface area contributed by atoms with Crippen LogP contribution in [-0.2, 0) is 19.6 Å². The largest absolute Gasteiger partial charge is 0.469 e. The predicted octanol–water partition coefficient (Wildman–Crippen LogP) is 2.04. The van der Waals surface area contributed by atoms with E-state index in [1.807, 2.05) is 12.1 Å². The van der Waals surface area contributed by atoms with Crippen molar-refractivity contribution in [1.82, 2.24) is 4.31 Å². The molecule has 2 aliphatic rings. The van der Waals surface area contributed by atoms with Gasteiger partial charge in [0.25, 0.3) is 0 Å². The summed E-state index contributed by atoms with van der Waals surface area (Å²) in [5.74, 6) is 0.788. The first-order valence-corrected chi connectivity index (χ1v) is 10.0. The number of benzene rings is 1. The number of furan rings is 1. The molecule has 0 unspecified atom stereocenters. The fourth-order valence-corrected chi connectivity index (χ4v) is 4.59.